The second kappa shape index (κ2) is 6.42. The maximum Gasteiger partial charge on any atom is 0.250 e. The van der Waals surface area contributed by atoms with Crippen molar-refractivity contribution in [3.8, 4) is 5.75 Å². The third-order valence-corrected chi connectivity index (χ3v) is 8.03. The number of amides is 3. The molecule has 1 spiro atoms. The van der Waals surface area contributed by atoms with Crippen LogP contribution in [0.2, 0.25) is 0 Å². The quantitative estimate of drug-likeness (QED) is 0.740. The molecule has 0 bridgehead atoms. The Balaban J connectivity index is 1.53. The fourth-order valence-electron chi connectivity index (χ4n) is 6.51. The Bertz CT molecular complexity index is 1190. The molecule has 4 aliphatic rings. The molecule has 3 fully saturated rings. The highest BCUT2D eigenvalue weighted by Gasteiger charge is 2.74. The first kappa shape index (κ1) is 19.5. The SMILES string of the molecule is COc1ccc(N2C(=O)[C@H]3[C@@H](C2=O)[C@]2(C(=O)Nc4c2ccc(C)c4C)N2CCC[C@@H]32)cc1. The highest BCUT2D eigenvalue weighted by Crippen LogP contribution is 2.61. The minimum Gasteiger partial charge on any atom is -0.497 e. The van der Waals surface area contributed by atoms with Gasteiger partial charge < -0.3 is 10.1 Å². The summed E-state index contributed by atoms with van der Waals surface area (Å²) in [7, 11) is 1.57. The molecule has 7 heteroatoms. The van der Waals surface area contributed by atoms with Crippen LogP contribution in [0, 0.1) is 25.7 Å². The zero-order valence-electron chi connectivity index (χ0n) is 18.3. The van der Waals surface area contributed by atoms with Gasteiger partial charge in [0.2, 0.25) is 17.7 Å². The van der Waals surface area contributed by atoms with Crippen molar-refractivity contribution < 1.29 is 19.1 Å². The van der Waals surface area contributed by atoms with Gasteiger partial charge >= 0.3 is 0 Å². The summed E-state index contributed by atoms with van der Waals surface area (Å²) < 4.78 is 5.22. The predicted octanol–water partition coefficient (Wildman–Crippen LogP) is 2.74. The van der Waals surface area contributed by atoms with Gasteiger partial charge in [-0.3, -0.25) is 19.3 Å². The molecule has 0 radical (unpaired) electrons. The van der Waals surface area contributed by atoms with E-state index in [1.807, 2.05) is 26.0 Å². The largest absolute Gasteiger partial charge is 0.497 e. The molecule has 4 atom stereocenters. The van der Waals surface area contributed by atoms with E-state index in [9.17, 15) is 14.4 Å². The van der Waals surface area contributed by atoms with Gasteiger partial charge in [-0.05, 0) is 68.6 Å². The molecule has 0 unspecified atom stereocenters. The molecular weight excluding hydrogens is 406 g/mol. The molecule has 0 saturated carbocycles. The van der Waals surface area contributed by atoms with Gasteiger partial charge in [0.25, 0.3) is 0 Å². The lowest BCUT2D eigenvalue weighted by molar-refractivity contribution is -0.135. The summed E-state index contributed by atoms with van der Waals surface area (Å²) in [5.74, 6) is -1.28. The topological polar surface area (TPSA) is 78.9 Å². The fraction of sp³-hybridized carbons (Fsp3) is 0.400. The Labute approximate surface area is 186 Å². The number of hydrogen-bond acceptors (Lipinski definition) is 5. The Hall–Kier alpha value is -3.19. The number of nitrogens with zero attached hydrogens (tertiary/aromatic N) is 2. The van der Waals surface area contributed by atoms with Gasteiger partial charge in [0, 0.05) is 17.3 Å². The van der Waals surface area contributed by atoms with Gasteiger partial charge in [-0.25, -0.2) is 4.90 Å². The molecule has 32 heavy (non-hydrogen) atoms. The van der Waals surface area contributed by atoms with Gasteiger partial charge in [-0.15, -0.1) is 0 Å². The van der Waals surface area contributed by atoms with E-state index in [2.05, 4.69) is 10.2 Å². The van der Waals surface area contributed by atoms with E-state index < -0.39 is 17.4 Å². The third-order valence-electron chi connectivity index (χ3n) is 8.03. The van der Waals surface area contributed by atoms with Gasteiger partial charge in [0.15, 0.2) is 0 Å². The van der Waals surface area contributed by atoms with Crippen molar-refractivity contribution in [2.75, 3.05) is 23.9 Å². The molecule has 2 aromatic rings. The molecule has 4 aliphatic heterocycles. The Morgan fingerprint density at radius 2 is 1.78 bits per heavy atom. The maximum atomic E-state index is 13.9. The number of anilines is 2. The minimum absolute atomic E-state index is 0.113. The lowest BCUT2D eigenvalue weighted by Gasteiger charge is -2.36. The zero-order valence-corrected chi connectivity index (χ0v) is 18.3. The van der Waals surface area contributed by atoms with Gasteiger partial charge in [-0.1, -0.05) is 12.1 Å². The van der Waals surface area contributed by atoms with Crippen molar-refractivity contribution in [1.29, 1.82) is 0 Å². The van der Waals surface area contributed by atoms with Crippen molar-refractivity contribution >= 4 is 29.1 Å². The van der Waals surface area contributed by atoms with Crippen LogP contribution in [0.5, 0.6) is 5.75 Å². The van der Waals surface area contributed by atoms with E-state index in [-0.39, 0.29) is 23.8 Å². The van der Waals surface area contributed by atoms with Crippen molar-refractivity contribution in [3.05, 3.63) is 53.1 Å². The van der Waals surface area contributed by atoms with Crippen molar-refractivity contribution in [2.24, 2.45) is 11.8 Å². The number of ether oxygens (including phenoxy) is 1. The summed E-state index contributed by atoms with van der Waals surface area (Å²) in [4.78, 5) is 44.8. The van der Waals surface area contributed by atoms with Crippen LogP contribution in [-0.2, 0) is 19.9 Å². The summed E-state index contributed by atoms with van der Waals surface area (Å²) in [6.45, 7) is 4.71. The number of imide groups is 1. The van der Waals surface area contributed by atoms with E-state index in [4.69, 9.17) is 4.74 Å². The molecule has 2 aromatic carbocycles. The Morgan fingerprint density at radius 1 is 1.03 bits per heavy atom. The summed E-state index contributed by atoms with van der Waals surface area (Å²) in [6.07, 6.45) is 1.72. The minimum atomic E-state index is -1.13. The van der Waals surface area contributed by atoms with Crippen LogP contribution < -0.4 is 15.0 Å². The fourth-order valence-corrected chi connectivity index (χ4v) is 6.51. The number of hydrogen-bond donors (Lipinski definition) is 1. The molecule has 3 amide bonds. The molecule has 7 nitrogen and oxygen atoms in total. The number of carbonyl (C=O) groups excluding carboxylic acids is 3. The highest BCUT2D eigenvalue weighted by atomic mass is 16.5. The predicted molar refractivity (Wildman–Crippen MR) is 118 cm³/mol. The smallest absolute Gasteiger partial charge is 0.250 e. The lowest BCUT2D eigenvalue weighted by atomic mass is 9.75. The number of aryl methyl sites for hydroxylation is 1. The van der Waals surface area contributed by atoms with E-state index in [0.717, 1.165) is 35.2 Å². The number of rotatable bonds is 2. The van der Waals surface area contributed by atoms with Gasteiger partial charge in [0.05, 0.1) is 24.6 Å². The first-order valence-corrected chi connectivity index (χ1v) is 11.1. The summed E-state index contributed by atoms with van der Waals surface area (Å²) in [5, 5.41) is 3.09. The average Bonchev–Trinajstić information content (AvgIpc) is 3.50. The number of carbonyl (C=O) groups is 3. The average molecular weight is 431 g/mol. The number of methoxy groups -OCH3 is 1. The van der Waals surface area contributed by atoms with Gasteiger partial charge in [-0.2, -0.15) is 0 Å². The monoisotopic (exact) mass is 431 g/mol. The van der Waals surface area contributed by atoms with Crippen molar-refractivity contribution in [3.63, 3.8) is 0 Å². The first-order valence-electron chi connectivity index (χ1n) is 11.1. The zero-order chi connectivity index (χ0) is 22.4. The van der Waals surface area contributed by atoms with Crippen LogP contribution in [-0.4, -0.2) is 42.3 Å². The van der Waals surface area contributed by atoms with E-state index >= 15 is 0 Å². The van der Waals surface area contributed by atoms with Crippen molar-refractivity contribution in [2.45, 2.75) is 38.3 Å². The van der Waals surface area contributed by atoms with E-state index in [1.54, 1.807) is 31.4 Å². The van der Waals surface area contributed by atoms with Crippen LogP contribution in [0.1, 0.15) is 29.5 Å². The van der Waals surface area contributed by atoms with Crippen LogP contribution in [0.3, 0.4) is 0 Å². The molecule has 4 heterocycles. The molecular formula is C25H25N3O4. The third kappa shape index (κ3) is 2.12. The maximum absolute atomic E-state index is 13.9. The summed E-state index contributed by atoms with van der Waals surface area (Å²) in [5.41, 5.74) is 3.12. The Kier molecular flexibility index (Phi) is 3.91. The second-order valence-corrected chi connectivity index (χ2v) is 9.27. The molecule has 0 aliphatic carbocycles. The number of benzene rings is 2. The molecule has 164 valence electrons. The molecule has 1 N–H and O–H groups in total. The van der Waals surface area contributed by atoms with Crippen LogP contribution >= 0.6 is 0 Å². The summed E-state index contributed by atoms with van der Waals surface area (Å²) >= 11 is 0. The normalized spacial score (nSPS) is 30.7. The van der Waals surface area contributed by atoms with E-state index in [0.29, 0.717) is 18.0 Å². The first-order chi connectivity index (χ1) is 15.4. The second-order valence-electron chi connectivity index (χ2n) is 9.27. The molecule has 6 rings (SSSR count). The lowest BCUT2D eigenvalue weighted by Crippen LogP contribution is -2.54. The van der Waals surface area contributed by atoms with Crippen LogP contribution in [0.15, 0.2) is 36.4 Å². The van der Waals surface area contributed by atoms with Crippen molar-refractivity contribution in [1.82, 2.24) is 4.90 Å². The standard InChI is InChI=1S/C25H25N3O4/c1-13-6-11-17-21(14(13)2)26-24(31)25(17)20-19(18-5-4-12-27(18)25)22(29)28(23(20)30)15-7-9-16(32-3)10-8-15/h6-11,18-20H,4-5,12H2,1-3H3,(H,26,31)/t18-,19+,20-,25+/m0/s1. The summed E-state index contributed by atoms with van der Waals surface area (Å²) in [6, 6.07) is 10.8. The number of nitrogens with one attached hydrogen (secondary N) is 1. The van der Waals surface area contributed by atoms with E-state index in [1.165, 1.54) is 4.90 Å². The molecule has 0 aromatic heterocycles. The van der Waals surface area contributed by atoms with Crippen LogP contribution in [0.25, 0.3) is 0 Å². The number of fused-ring (bicyclic) bond motifs is 7. The highest BCUT2D eigenvalue weighted by molar-refractivity contribution is 6.26. The Morgan fingerprint density at radius 3 is 2.50 bits per heavy atom. The van der Waals surface area contributed by atoms with Crippen LogP contribution in [0.4, 0.5) is 11.4 Å². The van der Waals surface area contributed by atoms with Gasteiger partial charge in [0.1, 0.15) is 11.3 Å². The molecule has 3 saturated heterocycles.